The first-order chi connectivity index (χ1) is 8.58. The zero-order valence-corrected chi connectivity index (χ0v) is 11.0. The van der Waals surface area contributed by atoms with Gasteiger partial charge in [-0.2, -0.15) is 0 Å². The summed E-state index contributed by atoms with van der Waals surface area (Å²) in [7, 11) is 0. The van der Waals surface area contributed by atoms with Crippen LogP contribution in [0.3, 0.4) is 0 Å². The molecule has 1 heterocycles. The lowest BCUT2D eigenvalue weighted by Gasteiger charge is -2.22. The van der Waals surface area contributed by atoms with Crippen LogP contribution in [0.15, 0.2) is 0 Å². The van der Waals surface area contributed by atoms with Crippen molar-refractivity contribution < 1.29 is 4.79 Å². The molecule has 1 aromatic heterocycles. The van der Waals surface area contributed by atoms with Crippen LogP contribution in [0.1, 0.15) is 54.0 Å². The lowest BCUT2D eigenvalue weighted by Crippen LogP contribution is -2.37. The Kier molecular flexibility index (Phi) is 3.79. The summed E-state index contributed by atoms with van der Waals surface area (Å²) >= 11 is 0. The van der Waals surface area contributed by atoms with Gasteiger partial charge in [0.2, 0.25) is 0 Å². The van der Waals surface area contributed by atoms with Gasteiger partial charge < -0.3 is 11.1 Å². The van der Waals surface area contributed by atoms with Crippen molar-refractivity contribution in [2.24, 2.45) is 0 Å². The highest BCUT2D eigenvalue weighted by molar-refractivity contribution is 5.96. The predicted octanol–water partition coefficient (Wildman–Crippen LogP) is 1.74. The molecule has 0 aromatic carbocycles. The zero-order chi connectivity index (χ0) is 13.1. The van der Waals surface area contributed by atoms with Crippen molar-refractivity contribution in [2.45, 2.75) is 52.0 Å². The fourth-order valence-corrected chi connectivity index (χ4v) is 2.29. The van der Waals surface area contributed by atoms with Crippen molar-refractivity contribution >= 4 is 11.7 Å². The number of nitrogens with two attached hydrogens (primary N) is 1. The Morgan fingerprint density at radius 3 is 2.44 bits per heavy atom. The number of carbonyl (C=O) groups is 1. The molecule has 1 aliphatic rings. The summed E-state index contributed by atoms with van der Waals surface area (Å²) in [4.78, 5) is 20.5. The van der Waals surface area contributed by atoms with Crippen LogP contribution in [-0.2, 0) is 0 Å². The van der Waals surface area contributed by atoms with Gasteiger partial charge in [0.05, 0.1) is 11.4 Å². The summed E-state index contributed by atoms with van der Waals surface area (Å²) in [6.45, 7) is 3.67. The highest BCUT2D eigenvalue weighted by Gasteiger charge is 2.20. The molecule has 1 fully saturated rings. The van der Waals surface area contributed by atoms with Crippen LogP contribution in [0.25, 0.3) is 0 Å². The fraction of sp³-hybridized carbons (Fsp3) is 0.615. The van der Waals surface area contributed by atoms with Crippen molar-refractivity contribution in [2.75, 3.05) is 5.73 Å². The van der Waals surface area contributed by atoms with E-state index in [0.717, 1.165) is 24.2 Å². The van der Waals surface area contributed by atoms with E-state index in [4.69, 9.17) is 5.73 Å². The molecule has 18 heavy (non-hydrogen) atoms. The number of hydrogen-bond acceptors (Lipinski definition) is 4. The van der Waals surface area contributed by atoms with Crippen LogP contribution in [0.5, 0.6) is 0 Å². The summed E-state index contributed by atoms with van der Waals surface area (Å²) in [5.41, 5.74) is 7.53. The molecule has 1 saturated carbocycles. The maximum absolute atomic E-state index is 12.1. The second-order valence-corrected chi connectivity index (χ2v) is 4.94. The Morgan fingerprint density at radius 2 is 1.78 bits per heavy atom. The number of carbonyl (C=O) groups excluding carboxylic acids is 1. The molecule has 0 spiro atoms. The average molecular weight is 248 g/mol. The van der Waals surface area contributed by atoms with Crippen molar-refractivity contribution in [3.05, 3.63) is 17.1 Å². The van der Waals surface area contributed by atoms with Gasteiger partial charge in [0, 0.05) is 6.04 Å². The summed E-state index contributed by atoms with van der Waals surface area (Å²) in [6, 6.07) is 0.258. The Labute approximate surface area is 107 Å². The minimum atomic E-state index is -0.199. The first kappa shape index (κ1) is 12.8. The molecule has 1 aromatic rings. The lowest BCUT2D eigenvalue weighted by atomic mass is 9.95. The van der Waals surface area contributed by atoms with E-state index < -0.39 is 0 Å². The number of rotatable bonds is 2. The van der Waals surface area contributed by atoms with E-state index in [2.05, 4.69) is 15.3 Å². The summed E-state index contributed by atoms with van der Waals surface area (Å²) < 4.78 is 0. The van der Waals surface area contributed by atoms with Crippen molar-refractivity contribution in [3.63, 3.8) is 0 Å². The molecule has 0 saturated heterocycles. The number of nitrogens with zero attached hydrogens (tertiary/aromatic N) is 2. The largest absolute Gasteiger partial charge is 0.382 e. The SMILES string of the molecule is Cc1nc(N)c(C(=O)NC2CCCCC2)nc1C. The number of amides is 1. The van der Waals surface area contributed by atoms with Crippen LogP contribution in [0.4, 0.5) is 5.82 Å². The van der Waals surface area contributed by atoms with Crippen LogP contribution in [-0.4, -0.2) is 21.9 Å². The molecular weight excluding hydrogens is 228 g/mol. The first-order valence-corrected chi connectivity index (χ1v) is 6.49. The van der Waals surface area contributed by atoms with Gasteiger partial charge in [0.15, 0.2) is 11.5 Å². The van der Waals surface area contributed by atoms with Crippen LogP contribution >= 0.6 is 0 Å². The zero-order valence-electron chi connectivity index (χ0n) is 11.0. The average Bonchev–Trinajstić information content (AvgIpc) is 2.35. The van der Waals surface area contributed by atoms with Crippen molar-refractivity contribution in [1.29, 1.82) is 0 Å². The maximum atomic E-state index is 12.1. The van der Waals surface area contributed by atoms with Gasteiger partial charge >= 0.3 is 0 Å². The third-order valence-corrected chi connectivity index (χ3v) is 3.49. The highest BCUT2D eigenvalue weighted by atomic mass is 16.2. The number of anilines is 1. The molecule has 98 valence electrons. The second-order valence-electron chi connectivity index (χ2n) is 4.94. The fourth-order valence-electron chi connectivity index (χ4n) is 2.29. The van der Waals surface area contributed by atoms with Gasteiger partial charge in [-0.3, -0.25) is 4.79 Å². The standard InChI is InChI=1S/C13H20N4O/c1-8-9(2)16-12(14)11(15-8)13(18)17-10-6-4-3-5-7-10/h10H,3-7H2,1-2H3,(H2,14,16)(H,17,18). The molecule has 5 heteroatoms. The summed E-state index contributed by atoms with van der Waals surface area (Å²) in [6.07, 6.45) is 5.71. The van der Waals surface area contributed by atoms with E-state index in [9.17, 15) is 4.79 Å². The second kappa shape index (κ2) is 5.33. The molecule has 0 atom stereocenters. The van der Waals surface area contributed by atoms with Crippen molar-refractivity contribution in [3.8, 4) is 0 Å². The minimum Gasteiger partial charge on any atom is -0.382 e. The van der Waals surface area contributed by atoms with Gasteiger partial charge in [-0.15, -0.1) is 0 Å². The number of nitrogen functional groups attached to an aromatic ring is 1. The number of nitrogens with one attached hydrogen (secondary N) is 1. The van der Waals surface area contributed by atoms with Crippen molar-refractivity contribution in [1.82, 2.24) is 15.3 Å². The quantitative estimate of drug-likeness (QED) is 0.835. The molecule has 1 aliphatic carbocycles. The minimum absolute atomic E-state index is 0.199. The topological polar surface area (TPSA) is 80.9 Å². The van der Waals surface area contributed by atoms with Gasteiger partial charge in [0.1, 0.15) is 0 Å². The van der Waals surface area contributed by atoms with Crippen LogP contribution in [0.2, 0.25) is 0 Å². The molecule has 0 radical (unpaired) electrons. The molecule has 0 aliphatic heterocycles. The third-order valence-electron chi connectivity index (χ3n) is 3.49. The highest BCUT2D eigenvalue weighted by Crippen LogP contribution is 2.18. The third kappa shape index (κ3) is 2.78. The normalized spacial score (nSPS) is 16.6. The van der Waals surface area contributed by atoms with Crippen LogP contribution in [0, 0.1) is 13.8 Å². The van der Waals surface area contributed by atoms with Crippen LogP contribution < -0.4 is 11.1 Å². The van der Waals surface area contributed by atoms with Gasteiger partial charge in [-0.05, 0) is 26.7 Å². The van der Waals surface area contributed by atoms with E-state index >= 15 is 0 Å². The molecule has 5 nitrogen and oxygen atoms in total. The monoisotopic (exact) mass is 248 g/mol. The molecule has 0 bridgehead atoms. The number of aromatic nitrogens is 2. The van der Waals surface area contributed by atoms with E-state index in [-0.39, 0.29) is 23.5 Å². The van der Waals surface area contributed by atoms with Gasteiger partial charge in [-0.1, -0.05) is 19.3 Å². The maximum Gasteiger partial charge on any atom is 0.273 e. The molecular formula is C13H20N4O. The van der Waals surface area contributed by atoms with E-state index in [1.54, 1.807) is 0 Å². The van der Waals surface area contributed by atoms with E-state index in [1.165, 1.54) is 19.3 Å². The number of hydrogen-bond donors (Lipinski definition) is 2. The summed E-state index contributed by atoms with van der Waals surface area (Å²) in [5, 5.41) is 3.00. The lowest BCUT2D eigenvalue weighted by molar-refractivity contribution is 0.0923. The number of aryl methyl sites for hydroxylation is 2. The molecule has 1 amide bonds. The van der Waals surface area contributed by atoms with E-state index in [1.807, 2.05) is 13.8 Å². The summed E-state index contributed by atoms with van der Waals surface area (Å²) in [5.74, 6) is 0.0152. The first-order valence-electron chi connectivity index (χ1n) is 6.49. The predicted molar refractivity (Wildman–Crippen MR) is 70.3 cm³/mol. The van der Waals surface area contributed by atoms with Gasteiger partial charge in [0.25, 0.3) is 5.91 Å². The smallest absolute Gasteiger partial charge is 0.273 e. The Bertz CT molecular complexity index is 453. The van der Waals surface area contributed by atoms with E-state index in [0.29, 0.717) is 0 Å². The molecule has 2 rings (SSSR count). The van der Waals surface area contributed by atoms with Gasteiger partial charge in [-0.25, -0.2) is 9.97 Å². The Morgan fingerprint density at radius 1 is 1.17 bits per heavy atom. The Hall–Kier alpha value is -1.65. The molecule has 3 N–H and O–H groups in total. The Balaban J connectivity index is 2.10. The molecule has 0 unspecified atom stereocenters.